The van der Waals surface area contributed by atoms with Crippen molar-refractivity contribution >= 4 is 22.8 Å². The van der Waals surface area contributed by atoms with Gasteiger partial charge in [0, 0.05) is 11.6 Å². The molecule has 0 spiro atoms. The third kappa shape index (κ3) is 0.992. The Hall–Kier alpha value is -1.03. The molecule has 3 nitrogen and oxygen atoms in total. The van der Waals surface area contributed by atoms with Gasteiger partial charge in [0.15, 0.2) is 5.65 Å². The van der Waals surface area contributed by atoms with Gasteiger partial charge in [-0.15, -0.1) is 22.0 Å². The number of thioether (sulfide) groups is 1. The van der Waals surface area contributed by atoms with E-state index in [0.717, 1.165) is 16.1 Å². The summed E-state index contributed by atoms with van der Waals surface area (Å²) < 4.78 is 0. The average molecular weight is 179 g/mol. The van der Waals surface area contributed by atoms with E-state index in [-0.39, 0.29) is 0 Å². The Morgan fingerprint density at radius 3 is 3.00 bits per heavy atom. The van der Waals surface area contributed by atoms with Gasteiger partial charge in [0.05, 0.1) is 0 Å². The van der Waals surface area contributed by atoms with E-state index < -0.39 is 0 Å². The van der Waals surface area contributed by atoms with Gasteiger partial charge >= 0.3 is 0 Å². The first-order chi connectivity index (χ1) is 5.83. The van der Waals surface area contributed by atoms with Gasteiger partial charge in [0.1, 0.15) is 5.03 Å². The van der Waals surface area contributed by atoms with E-state index in [4.69, 9.17) is 0 Å². The van der Waals surface area contributed by atoms with Crippen molar-refractivity contribution in [3.63, 3.8) is 0 Å². The van der Waals surface area contributed by atoms with Crippen molar-refractivity contribution in [1.82, 2.24) is 15.2 Å². The van der Waals surface area contributed by atoms with E-state index in [1.54, 1.807) is 11.8 Å². The third-order valence-electron chi connectivity index (χ3n) is 1.88. The Bertz CT molecular complexity index is 408. The molecule has 0 unspecified atom stereocenters. The molecule has 1 N–H and O–H groups in total. The topological polar surface area (TPSA) is 41.6 Å². The van der Waals surface area contributed by atoms with Gasteiger partial charge in [-0.05, 0) is 24.8 Å². The first-order valence-electron chi connectivity index (χ1n) is 3.67. The number of aromatic amines is 1. The summed E-state index contributed by atoms with van der Waals surface area (Å²) in [6, 6.07) is 2.03. The molecule has 62 valence electrons. The molecule has 0 amide bonds. The summed E-state index contributed by atoms with van der Waals surface area (Å²) in [5.74, 6) is 0. The minimum Gasteiger partial charge on any atom is -0.345 e. The molecule has 0 aliphatic heterocycles. The first-order valence-corrected chi connectivity index (χ1v) is 4.90. The van der Waals surface area contributed by atoms with Crippen LogP contribution in [0.2, 0.25) is 0 Å². The SMILES string of the molecule is CSc1nnc2[nH]ccc2c1C. The molecule has 4 heteroatoms. The fraction of sp³-hybridized carbons (Fsp3) is 0.250. The number of H-pyrrole nitrogens is 1. The van der Waals surface area contributed by atoms with Crippen molar-refractivity contribution in [2.45, 2.75) is 11.9 Å². The summed E-state index contributed by atoms with van der Waals surface area (Å²) in [5, 5.41) is 10.3. The van der Waals surface area contributed by atoms with Gasteiger partial charge < -0.3 is 4.98 Å². The molecule has 0 aliphatic carbocycles. The maximum Gasteiger partial charge on any atom is 0.160 e. The van der Waals surface area contributed by atoms with Crippen LogP contribution in [0.4, 0.5) is 0 Å². The molecule has 2 aromatic rings. The van der Waals surface area contributed by atoms with Crippen LogP contribution < -0.4 is 0 Å². The number of nitrogens with zero attached hydrogens (tertiary/aromatic N) is 2. The molecular weight excluding hydrogens is 170 g/mol. The largest absolute Gasteiger partial charge is 0.345 e. The Balaban J connectivity index is 2.78. The summed E-state index contributed by atoms with van der Waals surface area (Å²) in [7, 11) is 0. The first kappa shape index (κ1) is 7.61. The molecule has 0 saturated carbocycles. The lowest BCUT2D eigenvalue weighted by atomic mass is 10.2. The van der Waals surface area contributed by atoms with Gasteiger partial charge in [0.2, 0.25) is 0 Å². The van der Waals surface area contributed by atoms with E-state index in [2.05, 4.69) is 22.1 Å². The van der Waals surface area contributed by atoms with Gasteiger partial charge in [-0.25, -0.2) is 0 Å². The van der Waals surface area contributed by atoms with Crippen molar-refractivity contribution < 1.29 is 0 Å². The zero-order valence-electron chi connectivity index (χ0n) is 6.96. The number of hydrogen-bond acceptors (Lipinski definition) is 3. The van der Waals surface area contributed by atoms with Gasteiger partial charge in [-0.1, -0.05) is 0 Å². The molecule has 2 heterocycles. The highest BCUT2D eigenvalue weighted by Gasteiger charge is 2.04. The quantitative estimate of drug-likeness (QED) is 0.681. The highest BCUT2D eigenvalue weighted by atomic mass is 32.2. The standard InChI is InChI=1S/C8H9N3S/c1-5-6-3-4-9-7(6)10-11-8(5)12-2/h3-4H,1-2H3,(H,9,10). The molecule has 12 heavy (non-hydrogen) atoms. The molecule has 0 saturated heterocycles. The average Bonchev–Trinajstić information content (AvgIpc) is 2.53. The summed E-state index contributed by atoms with van der Waals surface area (Å²) in [6.07, 6.45) is 3.89. The van der Waals surface area contributed by atoms with Crippen LogP contribution >= 0.6 is 11.8 Å². The molecule has 0 radical (unpaired) electrons. The minimum absolute atomic E-state index is 0.866. The maximum absolute atomic E-state index is 4.08. The molecule has 0 bridgehead atoms. The monoisotopic (exact) mass is 179 g/mol. The summed E-state index contributed by atoms with van der Waals surface area (Å²) in [4.78, 5) is 3.03. The molecular formula is C8H9N3S. The van der Waals surface area contributed by atoms with Crippen molar-refractivity contribution in [2.75, 3.05) is 6.26 Å². The van der Waals surface area contributed by atoms with E-state index in [9.17, 15) is 0 Å². The molecule has 0 atom stereocenters. The number of rotatable bonds is 1. The zero-order valence-corrected chi connectivity index (χ0v) is 7.77. The normalized spacial score (nSPS) is 10.8. The lowest BCUT2D eigenvalue weighted by molar-refractivity contribution is 0.937. The molecule has 0 aliphatic rings. The molecule has 0 fully saturated rings. The lowest BCUT2D eigenvalue weighted by Crippen LogP contribution is -1.90. The highest BCUT2D eigenvalue weighted by Crippen LogP contribution is 2.22. The Morgan fingerprint density at radius 2 is 2.25 bits per heavy atom. The lowest BCUT2D eigenvalue weighted by Gasteiger charge is -1.99. The van der Waals surface area contributed by atoms with E-state index in [1.807, 2.05) is 18.5 Å². The summed E-state index contributed by atoms with van der Waals surface area (Å²) in [5.41, 5.74) is 2.07. The minimum atomic E-state index is 0.866. The van der Waals surface area contributed by atoms with E-state index >= 15 is 0 Å². The van der Waals surface area contributed by atoms with E-state index in [0.29, 0.717) is 0 Å². The van der Waals surface area contributed by atoms with Crippen LogP contribution in [0.3, 0.4) is 0 Å². The number of fused-ring (bicyclic) bond motifs is 1. The molecule has 0 aromatic carbocycles. The second-order valence-electron chi connectivity index (χ2n) is 2.57. The van der Waals surface area contributed by atoms with Crippen LogP contribution in [0.15, 0.2) is 17.3 Å². The maximum atomic E-state index is 4.08. The van der Waals surface area contributed by atoms with Crippen LogP contribution in [-0.4, -0.2) is 21.4 Å². The molecule has 2 aromatic heterocycles. The predicted octanol–water partition coefficient (Wildman–Crippen LogP) is 1.99. The number of aryl methyl sites for hydroxylation is 1. The van der Waals surface area contributed by atoms with Crippen molar-refractivity contribution in [1.29, 1.82) is 0 Å². The van der Waals surface area contributed by atoms with Crippen molar-refractivity contribution in [3.05, 3.63) is 17.8 Å². The van der Waals surface area contributed by atoms with Crippen molar-refractivity contribution in [2.24, 2.45) is 0 Å². The van der Waals surface area contributed by atoms with Gasteiger partial charge in [-0.3, -0.25) is 0 Å². The fourth-order valence-corrected chi connectivity index (χ4v) is 1.76. The van der Waals surface area contributed by atoms with Crippen LogP contribution in [0.25, 0.3) is 11.0 Å². The number of aromatic nitrogens is 3. The fourth-order valence-electron chi connectivity index (χ4n) is 1.23. The Labute approximate surface area is 74.6 Å². The van der Waals surface area contributed by atoms with Crippen molar-refractivity contribution in [3.8, 4) is 0 Å². The zero-order chi connectivity index (χ0) is 8.55. The summed E-state index contributed by atoms with van der Waals surface area (Å²) in [6.45, 7) is 2.07. The van der Waals surface area contributed by atoms with Crippen LogP contribution in [0.5, 0.6) is 0 Å². The van der Waals surface area contributed by atoms with Gasteiger partial charge in [-0.2, -0.15) is 0 Å². The van der Waals surface area contributed by atoms with Gasteiger partial charge in [0.25, 0.3) is 0 Å². The second-order valence-corrected chi connectivity index (χ2v) is 3.37. The third-order valence-corrected chi connectivity index (χ3v) is 2.66. The summed E-state index contributed by atoms with van der Waals surface area (Å²) >= 11 is 1.63. The Morgan fingerprint density at radius 1 is 1.42 bits per heavy atom. The molecule has 2 rings (SSSR count). The Kier molecular flexibility index (Phi) is 1.77. The predicted molar refractivity (Wildman–Crippen MR) is 50.4 cm³/mol. The number of hydrogen-bond donors (Lipinski definition) is 1. The van der Waals surface area contributed by atoms with Crippen LogP contribution in [0.1, 0.15) is 5.56 Å². The smallest absolute Gasteiger partial charge is 0.160 e. The number of nitrogens with one attached hydrogen (secondary N) is 1. The second kappa shape index (κ2) is 2.79. The van der Waals surface area contributed by atoms with Crippen LogP contribution in [0, 0.1) is 6.92 Å². The van der Waals surface area contributed by atoms with Crippen LogP contribution in [-0.2, 0) is 0 Å². The van der Waals surface area contributed by atoms with E-state index in [1.165, 1.54) is 5.56 Å². The highest BCUT2D eigenvalue weighted by molar-refractivity contribution is 7.98.